The van der Waals surface area contributed by atoms with Gasteiger partial charge in [0.2, 0.25) is 0 Å². The van der Waals surface area contributed by atoms with Crippen molar-refractivity contribution in [3.8, 4) is 5.75 Å². The third-order valence-electron chi connectivity index (χ3n) is 2.54. The van der Waals surface area contributed by atoms with Crippen molar-refractivity contribution >= 4 is 21.9 Å². The van der Waals surface area contributed by atoms with Gasteiger partial charge in [0.05, 0.1) is 18.4 Å². The molecule has 1 N–H and O–H groups in total. The van der Waals surface area contributed by atoms with E-state index in [1.54, 1.807) is 12.1 Å². The average molecular weight is 339 g/mol. The van der Waals surface area contributed by atoms with Gasteiger partial charge in [-0.15, -0.1) is 0 Å². The Morgan fingerprint density at radius 1 is 1.45 bits per heavy atom. The molecule has 0 aliphatic carbocycles. The fraction of sp³-hybridized carbons (Fsp3) is 0.154. The molecule has 0 radical (unpaired) electrons. The van der Waals surface area contributed by atoms with Crippen molar-refractivity contribution in [1.29, 1.82) is 0 Å². The number of carboxylic acid groups (broad SMARTS) is 1. The molecule has 0 amide bonds. The highest BCUT2D eigenvalue weighted by atomic mass is 79.9. The average Bonchev–Trinajstić information content (AvgIpc) is 2.44. The standard InChI is InChI=1S/C13H11BrN2O4/c14-11-7-15-8-16(12(11)17)4-5-20-10-3-1-2-9(6-10)13(18)19/h1-3,6-8H,4-5H2,(H,18,19). The predicted molar refractivity (Wildman–Crippen MR) is 75.1 cm³/mol. The number of hydrogen-bond acceptors (Lipinski definition) is 4. The molecule has 0 bridgehead atoms. The fourth-order valence-corrected chi connectivity index (χ4v) is 1.91. The van der Waals surface area contributed by atoms with E-state index in [2.05, 4.69) is 20.9 Å². The molecule has 20 heavy (non-hydrogen) atoms. The molecular weight excluding hydrogens is 328 g/mol. The van der Waals surface area contributed by atoms with Gasteiger partial charge in [-0.1, -0.05) is 6.07 Å². The third-order valence-corrected chi connectivity index (χ3v) is 3.08. The molecule has 0 atom stereocenters. The predicted octanol–water partition coefficient (Wildman–Crippen LogP) is 1.78. The van der Waals surface area contributed by atoms with Gasteiger partial charge in [-0.2, -0.15) is 0 Å². The first kappa shape index (κ1) is 14.3. The Labute approximate surface area is 122 Å². The Hall–Kier alpha value is -2.15. The highest BCUT2D eigenvalue weighted by Crippen LogP contribution is 2.13. The molecule has 0 saturated carbocycles. The number of aromatic nitrogens is 2. The van der Waals surface area contributed by atoms with Crippen molar-refractivity contribution in [2.24, 2.45) is 0 Å². The van der Waals surface area contributed by atoms with E-state index in [9.17, 15) is 9.59 Å². The van der Waals surface area contributed by atoms with E-state index in [1.807, 2.05) is 0 Å². The Bertz CT molecular complexity index is 684. The minimum atomic E-state index is -1.01. The number of benzene rings is 1. The molecule has 0 spiro atoms. The van der Waals surface area contributed by atoms with Crippen molar-refractivity contribution in [1.82, 2.24) is 9.55 Å². The van der Waals surface area contributed by atoms with Crippen LogP contribution in [0.1, 0.15) is 10.4 Å². The van der Waals surface area contributed by atoms with Crippen LogP contribution >= 0.6 is 15.9 Å². The van der Waals surface area contributed by atoms with E-state index in [0.29, 0.717) is 16.8 Å². The van der Waals surface area contributed by atoms with Gasteiger partial charge in [0.15, 0.2) is 0 Å². The van der Waals surface area contributed by atoms with Gasteiger partial charge >= 0.3 is 5.97 Å². The van der Waals surface area contributed by atoms with Gasteiger partial charge in [0.25, 0.3) is 5.56 Å². The molecule has 0 fully saturated rings. The Kier molecular flexibility index (Phi) is 4.52. The molecule has 1 aromatic carbocycles. The van der Waals surface area contributed by atoms with E-state index in [0.717, 1.165) is 0 Å². The fourth-order valence-electron chi connectivity index (χ4n) is 1.56. The molecule has 0 saturated heterocycles. The Morgan fingerprint density at radius 3 is 3.00 bits per heavy atom. The lowest BCUT2D eigenvalue weighted by atomic mass is 10.2. The maximum absolute atomic E-state index is 11.7. The van der Waals surface area contributed by atoms with Crippen molar-refractivity contribution in [2.75, 3.05) is 6.61 Å². The number of ether oxygens (including phenoxy) is 1. The molecule has 0 aliphatic heterocycles. The first-order valence-corrected chi connectivity index (χ1v) is 6.53. The van der Waals surface area contributed by atoms with Gasteiger partial charge in [-0.05, 0) is 34.1 Å². The van der Waals surface area contributed by atoms with Crippen LogP contribution in [0.3, 0.4) is 0 Å². The zero-order valence-electron chi connectivity index (χ0n) is 10.3. The molecular formula is C13H11BrN2O4. The van der Waals surface area contributed by atoms with E-state index in [1.165, 1.54) is 29.2 Å². The highest BCUT2D eigenvalue weighted by molar-refractivity contribution is 9.10. The van der Waals surface area contributed by atoms with Crippen LogP contribution in [0.2, 0.25) is 0 Å². The molecule has 2 rings (SSSR count). The molecule has 1 heterocycles. The van der Waals surface area contributed by atoms with E-state index in [4.69, 9.17) is 9.84 Å². The molecule has 1 aromatic heterocycles. The molecule has 2 aromatic rings. The summed E-state index contributed by atoms with van der Waals surface area (Å²) in [4.78, 5) is 26.4. The van der Waals surface area contributed by atoms with Crippen LogP contribution in [-0.2, 0) is 6.54 Å². The number of hydrogen-bond donors (Lipinski definition) is 1. The summed E-state index contributed by atoms with van der Waals surface area (Å²) in [6.45, 7) is 0.559. The second-order valence-electron chi connectivity index (χ2n) is 3.92. The topological polar surface area (TPSA) is 81.4 Å². The summed E-state index contributed by atoms with van der Waals surface area (Å²) in [5.41, 5.74) is -0.0355. The zero-order valence-corrected chi connectivity index (χ0v) is 11.9. The van der Waals surface area contributed by atoms with E-state index < -0.39 is 5.97 Å². The zero-order chi connectivity index (χ0) is 14.5. The number of halogens is 1. The second-order valence-corrected chi connectivity index (χ2v) is 4.78. The van der Waals surface area contributed by atoms with Crippen molar-refractivity contribution in [3.05, 3.63) is 57.2 Å². The minimum Gasteiger partial charge on any atom is -0.492 e. The van der Waals surface area contributed by atoms with Gasteiger partial charge in [-0.3, -0.25) is 9.36 Å². The summed E-state index contributed by atoms with van der Waals surface area (Å²) < 4.78 is 7.22. The normalized spacial score (nSPS) is 10.2. The van der Waals surface area contributed by atoms with Gasteiger partial charge in [0.1, 0.15) is 16.8 Å². The molecule has 0 aliphatic rings. The number of carbonyl (C=O) groups is 1. The summed E-state index contributed by atoms with van der Waals surface area (Å²) in [6, 6.07) is 6.18. The minimum absolute atomic E-state index is 0.156. The molecule has 104 valence electrons. The quantitative estimate of drug-likeness (QED) is 0.898. The van der Waals surface area contributed by atoms with Crippen LogP contribution in [0.15, 0.2) is 46.1 Å². The summed E-state index contributed by atoms with van der Waals surface area (Å²) in [7, 11) is 0. The third kappa shape index (κ3) is 3.45. The van der Waals surface area contributed by atoms with Gasteiger partial charge in [0, 0.05) is 6.20 Å². The summed E-state index contributed by atoms with van der Waals surface area (Å²) >= 11 is 3.11. The number of carboxylic acids is 1. The van der Waals surface area contributed by atoms with Crippen LogP contribution in [0.4, 0.5) is 0 Å². The molecule has 0 unspecified atom stereocenters. The van der Waals surface area contributed by atoms with Crippen molar-refractivity contribution in [2.45, 2.75) is 6.54 Å². The molecule has 7 heteroatoms. The van der Waals surface area contributed by atoms with E-state index >= 15 is 0 Å². The first-order valence-electron chi connectivity index (χ1n) is 5.74. The van der Waals surface area contributed by atoms with Crippen LogP contribution in [0, 0.1) is 0 Å². The second kappa shape index (κ2) is 6.33. The number of nitrogens with zero attached hydrogens (tertiary/aromatic N) is 2. The summed E-state index contributed by atoms with van der Waals surface area (Å²) in [5, 5.41) is 8.87. The summed E-state index contributed by atoms with van der Waals surface area (Å²) in [5.74, 6) is -0.566. The monoisotopic (exact) mass is 338 g/mol. The Balaban J connectivity index is 1.99. The van der Waals surface area contributed by atoms with Gasteiger partial charge < -0.3 is 9.84 Å². The van der Waals surface area contributed by atoms with Gasteiger partial charge in [-0.25, -0.2) is 9.78 Å². The number of rotatable bonds is 5. The van der Waals surface area contributed by atoms with Crippen LogP contribution < -0.4 is 10.3 Å². The van der Waals surface area contributed by atoms with Crippen LogP contribution in [0.25, 0.3) is 0 Å². The van der Waals surface area contributed by atoms with Crippen LogP contribution in [0.5, 0.6) is 5.75 Å². The number of aromatic carboxylic acids is 1. The van der Waals surface area contributed by atoms with Crippen molar-refractivity contribution < 1.29 is 14.6 Å². The SMILES string of the molecule is O=C(O)c1cccc(OCCn2cncc(Br)c2=O)c1. The lowest BCUT2D eigenvalue weighted by Gasteiger charge is -2.08. The Morgan fingerprint density at radius 2 is 2.25 bits per heavy atom. The smallest absolute Gasteiger partial charge is 0.335 e. The summed E-state index contributed by atoms with van der Waals surface area (Å²) in [6.07, 6.45) is 2.85. The molecule has 6 nitrogen and oxygen atoms in total. The lowest BCUT2D eigenvalue weighted by molar-refractivity contribution is 0.0696. The maximum atomic E-state index is 11.7. The largest absolute Gasteiger partial charge is 0.492 e. The highest BCUT2D eigenvalue weighted by Gasteiger charge is 2.04. The first-order chi connectivity index (χ1) is 9.58. The lowest BCUT2D eigenvalue weighted by Crippen LogP contribution is -2.23. The maximum Gasteiger partial charge on any atom is 0.335 e. The van der Waals surface area contributed by atoms with E-state index in [-0.39, 0.29) is 17.7 Å². The van der Waals surface area contributed by atoms with Crippen molar-refractivity contribution in [3.63, 3.8) is 0 Å². The van der Waals surface area contributed by atoms with Crippen LogP contribution in [-0.4, -0.2) is 27.2 Å².